The molecule has 0 N–H and O–H groups in total. The third kappa shape index (κ3) is 1.67. The SMILES string of the molecule is COc1c2c(c(OC)c3ccccc13)C(=O)C1C3C=CC(C3)C1C2=O. The maximum Gasteiger partial charge on any atom is 0.171 e. The predicted octanol–water partition coefficient (Wildman–Crippen LogP) is 3.67. The van der Waals surface area contributed by atoms with E-state index < -0.39 is 0 Å². The van der Waals surface area contributed by atoms with Crippen molar-refractivity contribution in [3.8, 4) is 11.5 Å². The highest BCUT2D eigenvalue weighted by Crippen LogP contribution is 2.56. The minimum Gasteiger partial charge on any atom is -0.495 e. The van der Waals surface area contributed by atoms with Crippen LogP contribution in [0, 0.1) is 23.7 Å². The van der Waals surface area contributed by atoms with Gasteiger partial charge >= 0.3 is 0 Å². The summed E-state index contributed by atoms with van der Waals surface area (Å²) in [5.41, 5.74) is 0.815. The Kier molecular flexibility index (Phi) is 2.91. The lowest BCUT2D eigenvalue weighted by atomic mass is 9.68. The molecule has 4 nitrogen and oxygen atoms in total. The lowest BCUT2D eigenvalue weighted by Gasteiger charge is -2.33. The molecular formula is C21H18O4. The van der Waals surface area contributed by atoms with Gasteiger partial charge in [-0.25, -0.2) is 0 Å². The van der Waals surface area contributed by atoms with Crippen molar-refractivity contribution in [3.63, 3.8) is 0 Å². The number of ketones is 2. The van der Waals surface area contributed by atoms with Gasteiger partial charge in [-0.3, -0.25) is 9.59 Å². The lowest BCUT2D eigenvalue weighted by Crippen LogP contribution is -2.39. The highest BCUT2D eigenvalue weighted by atomic mass is 16.5. The molecule has 3 aliphatic rings. The van der Waals surface area contributed by atoms with Crippen LogP contribution in [0.4, 0.5) is 0 Å². The topological polar surface area (TPSA) is 52.6 Å². The number of allylic oxidation sites excluding steroid dienone is 2. The van der Waals surface area contributed by atoms with E-state index in [9.17, 15) is 9.59 Å². The van der Waals surface area contributed by atoms with E-state index in [0.717, 1.165) is 17.2 Å². The smallest absolute Gasteiger partial charge is 0.171 e. The zero-order valence-electron chi connectivity index (χ0n) is 14.1. The van der Waals surface area contributed by atoms with E-state index in [0.29, 0.717) is 22.6 Å². The van der Waals surface area contributed by atoms with Crippen molar-refractivity contribution >= 4 is 22.3 Å². The van der Waals surface area contributed by atoms with E-state index in [1.165, 1.54) is 0 Å². The van der Waals surface area contributed by atoms with Crippen LogP contribution in [0.2, 0.25) is 0 Å². The van der Waals surface area contributed by atoms with Gasteiger partial charge in [0.2, 0.25) is 0 Å². The molecule has 0 amide bonds. The van der Waals surface area contributed by atoms with Crippen LogP contribution in [0.1, 0.15) is 27.1 Å². The van der Waals surface area contributed by atoms with Crippen molar-refractivity contribution in [2.24, 2.45) is 23.7 Å². The number of ether oxygens (including phenoxy) is 2. The zero-order valence-corrected chi connectivity index (χ0v) is 14.1. The second-order valence-electron chi connectivity index (χ2n) is 7.09. The molecule has 5 rings (SSSR count). The van der Waals surface area contributed by atoms with Crippen LogP contribution in [0.25, 0.3) is 10.8 Å². The first-order valence-electron chi connectivity index (χ1n) is 8.60. The van der Waals surface area contributed by atoms with Gasteiger partial charge in [0.05, 0.1) is 25.3 Å². The molecule has 25 heavy (non-hydrogen) atoms. The fourth-order valence-corrected chi connectivity index (χ4v) is 5.14. The largest absolute Gasteiger partial charge is 0.495 e. The van der Waals surface area contributed by atoms with Crippen LogP contribution in [0.5, 0.6) is 11.5 Å². The molecule has 4 heteroatoms. The number of benzene rings is 2. The number of Topliss-reactive ketones (excluding diaryl/α,β-unsaturated/α-hetero) is 2. The number of hydrogen-bond acceptors (Lipinski definition) is 4. The molecule has 0 spiro atoms. The minimum absolute atomic E-state index is 0.0253. The third-order valence-corrected chi connectivity index (χ3v) is 6.09. The summed E-state index contributed by atoms with van der Waals surface area (Å²) >= 11 is 0. The van der Waals surface area contributed by atoms with Gasteiger partial charge in [-0.15, -0.1) is 0 Å². The Balaban J connectivity index is 1.89. The highest BCUT2D eigenvalue weighted by molar-refractivity contribution is 6.23. The summed E-state index contributed by atoms with van der Waals surface area (Å²) in [4.78, 5) is 26.8. The van der Waals surface area contributed by atoms with Crippen LogP contribution in [-0.4, -0.2) is 25.8 Å². The van der Waals surface area contributed by atoms with E-state index in [-0.39, 0.29) is 35.2 Å². The molecule has 3 aliphatic carbocycles. The maximum atomic E-state index is 13.4. The Morgan fingerprint density at radius 2 is 1.24 bits per heavy atom. The van der Waals surface area contributed by atoms with Gasteiger partial charge < -0.3 is 9.47 Å². The van der Waals surface area contributed by atoms with Crippen molar-refractivity contribution in [1.29, 1.82) is 0 Å². The van der Waals surface area contributed by atoms with Gasteiger partial charge in [-0.05, 0) is 18.3 Å². The molecule has 2 aromatic carbocycles. The average molecular weight is 334 g/mol. The standard InChI is InChI=1S/C21H18O4/c1-24-20-12-5-3-4-6-13(12)21(25-2)17-16(20)18(22)14-10-7-8-11(9-10)15(14)19(17)23/h3-8,10-11,14-15H,9H2,1-2H3. The Labute approximate surface area is 145 Å². The van der Waals surface area contributed by atoms with Crippen LogP contribution < -0.4 is 9.47 Å². The van der Waals surface area contributed by atoms with Crippen LogP contribution in [0.15, 0.2) is 36.4 Å². The maximum absolute atomic E-state index is 13.4. The Morgan fingerprint density at radius 1 is 0.800 bits per heavy atom. The number of hydrogen-bond donors (Lipinski definition) is 0. The van der Waals surface area contributed by atoms with Crippen LogP contribution in [-0.2, 0) is 0 Å². The molecule has 0 aliphatic heterocycles. The van der Waals surface area contributed by atoms with Gasteiger partial charge in [-0.2, -0.15) is 0 Å². The molecule has 4 atom stereocenters. The highest BCUT2D eigenvalue weighted by Gasteiger charge is 2.56. The predicted molar refractivity (Wildman–Crippen MR) is 93.4 cm³/mol. The minimum atomic E-state index is -0.255. The first-order chi connectivity index (χ1) is 12.2. The third-order valence-electron chi connectivity index (χ3n) is 6.09. The summed E-state index contributed by atoms with van der Waals surface area (Å²) in [6.07, 6.45) is 5.10. The summed E-state index contributed by atoms with van der Waals surface area (Å²) in [5, 5.41) is 1.61. The van der Waals surface area contributed by atoms with Crippen molar-refractivity contribution in [1.82, 2.24) is 0 Å². The quantitative estimate of drug-likeness (QED) is 0.786. The van der Waals surface area contributed by atoms with Crippen LogP contribution >= 0.6 is 0 Å². The van der Waals surface area contributed by atoms with Gasteiger partial charge in [0.25, 0.3) is 0 Å². The number of fused-ring (bicyclic) bond motifs is 7. The van der Waals surface area contributed by atoms with E-state index in [1.807, 2.05) is 24.3 Å². The second-order valence-corrected chi connectivity index (χ2v) is 7.09. The van der Waals surface area contributed by atoms with Gasteiger partial charge in [0.15, 0.2) is 11.6 Å². The van der Waals surface area contributed by atoms with Crippen molar-refractivity contribution in [3.05, 3.63) is 47.5 Å². The van der Waals surface area contributed by atoms with E-state index in [1.54, 1.807) is 14.2 Å². The van der Waals surface area contributed by atoms with E-state index in [2.05, 4.69) is 12.2 Å². The Hall–Kier alpha value is -2.62. The molecular weight excluding hydrogens is 316 g/mol. The fraction of sp³-hybridized carbons (Fsp3) is 0.333. The first-order valence-corrected chi connectivity index (χ1v) is 8.60. The summed E-state index contributed by atoms with van der Waals surface area (Å²) in [7, 11) is 3.11. The average Bonchev–Trinajstić information content (AvgIpc) is 3.25. The van der Waals surface area contributed by atoms with Crippen molar-refractivity contribution in [2.45, 2.75) is 6.42 Å². The summed E-state index contributed by atoms with van der Waals surface area (Å²) < 4.78 is 11.3. The molecule has 0 aromatic heterocycles. The van der Waals surface area contributed by atoms with Crippen LogP contribution in [0.3, 0.4) is 0 Å². The molecule has 126 valence electrons. The molecule has 1 saturated carbocycles. The summed E-state index contributed by atoms with van der Waals surface area (Å²) in [5.74, 6) is 0.868. The normalized spacial score (nSPS) is 29.0. The molecule has 2 aromatic rings. The monoisotopic (exact) mass is 334 g/mol. The molecule has 0 saturated heterocycles. The van der Waals surface area contributed by atoms with Crippen molar-refractivity contribution in [2.75, 3.05) is 14.2 Å². The second kappa shape index (κ2) is 4.94. The zero-order chi connectivity index (χ0) is 17.3. The van der Waals surface area contributed by atoms with Gasteiger partial charge in [0.1, 0.15) is 11.5 Å². The molecule has 2 bridgehead atoms. The van der Waals surface area contributed by atoms with E-state index in [4.69, 9.17) is 9.47 Å². The van der Waals surface area contributed by atoms with Gasteiger partial charge in [0, 0.05) is 22.6 Å². The summed E-state index contributed by atoms with van der Waals surface area (Å²) in [6.45, 7) is 0. The summed E-state index contributed by atoms with van der Waals surface area (Å²) in [6, 6.07) is 7.60. The number of rotatable bonds is 2. The molecule has 4 unspecified atom stereocenters. The molecule has 0 radical (unpaired) electrons. The fourth-order valence-electron chi connectivity index (χ4n) is 5.14. The molecule has 0 heterocycles. The van der Waals surface area contributed by atoms with Crippen molar-refractivity contribution < 1.29 is 19.1 Å². The first kappa shape index (κ1) is 14.7. The number of methoxy groups -OCH3 is 2. The number of carbonyl (C=O) groups excluding carboxylic acids is 2. The number of carbonyl (C=O) groups is 2. The molecule has 1 fully saturated rings. The van der Waals surface area contributed by atoms with Gasteiger partial charge in [-0.1, -0.05) is 36.4 Å². The van der Waals surface area contributed by atoms with E-state index >= 15 is 0 Å². The Bertz CT molecular complexity index is 895. The lowest BCUT2D eigenvalue weighted by molar-refractivity contribution is 0.0715. The Morgan fingerprint density at radius 3 is 1.64 bits per heavy atom.